The normalized spacial score (nSPS) is 11.1. The average Bonchev–Trinajstić information content (AvgIpc) is 2.39. The second-order valence-corrected chi connectivity index (χ2v) is 5.43. The largest absolute Gasteiger partial charge is 0.226 e. The molecule has 7 heteroatoms. The minimum absolute atomic E-state index is 0.0550. The van der Waals surface area contributed by atoms with Crippen LogP contribution in [0.4, 0.5) is 13.2 Å². The fourth-order valence-electron chi connectivity index (χ4n) is 1.95. The van der Waals surface area contributed by atoms with Crippen molar-refractivity contribution in [3.05, 3.63) is 57.4 Å². The number of aromatic nitrogens is 2. The van der Waals surface area contributed by atoms with E-state index in [1.807, 2.05) is 0 Å². The molecule has 2 aromatic carbocycles. The van der Waals surface area contributed by atoms with Crippen LogP contribution >= 0.6 is 27.5 Å². The third-order valence-corrected chi connectivity index (χ3v) is 3.79. The number of hydrogen-bond donors (Lipinski definition) is 0. The first-order valence-corrected chi connectivity index (χ1v) is 6.91. The first-order chi connectivity index (χ1) is 9.97. The Morgan fingerprint density at radius 3 is 2.33 bits per heavy atom. The van der Waals surface area contributed by atoms with Gasteiger partial charge in [-0.25, -0.2) is 23.1 Å². The lowest BCUT2D eigenvalue weighted by molar-refractivity contribution is 0.547. The Morgan fingerprint density at radius 1 is 1.00 bits per heavy atom. The van der Waals surface area contributed by atoms with Crippen LogP contribution in [-0.4, -0.2) is 9.97 Å². The van der Waals surface area contributed by atoms with Crippen molar-refractivity contribution in [2.75, 3.05) is 0 Å². The van der Waals surface area contributed by atoms with Crippen molar-refractivity contribution in [2.45, 2.75) is 0 Å². The van der Waals surface area contributed by atoms with Gasteiger partial charge in [0, 0.05) is 22.0 Å². The molecule has 1 aromatic heterocycles. The van der Waals surface area contributed by atoms with Gasteiger partial charge in [0.1, 0.15) is 22.6 Å². The molecule has 0 aliphatic heterocycles. The summed E-state index contributed by atoms with van der Waals surface area (Å²) in [5.74, 6) is -3.43. The highest BCUT2D eigenvalue weighted by molar-refractivity contribution is 9.10. The maximum absolute atomic E-state index is 13.8. The van der Waals surface area contributed by atoms with Crippen molar-refractivity contribution in [2.24, 2.45) is 0 Å². The van der Waals surface area contributed by atoms with E-state index in [0.717, 1.165) is 0 Å². The summed E-state index contributed by atoms with van der Waals surface area (Å²) >= 11 is 9.32. The van der Waals surface area contributed by atoms with E-state index in [1.54, 1.807) is 18.2 Å². The maximum Gasteiger partial charge on any atom is 0.167 e. The minimum Gasteiger partial charge on any atom is -0.226 e. The summed E-state index contributed by atoms with van der Waals surface area (Å²) in [7, 11) is 0. The van der Waals surface area contributed by atoms with E-state index in [0.29, 0.717) is 27.5 Å². The predicted molar refractivity (Wildman–Crippen MR) is 77.6 cm³/mol. The molecule has 0 aliphatic carbocycles. The molecular formula is C14H5BrClF3N2. The summed E-state index contributed by atoms with van der Waals surface area (Å²) in [6, 6.07) is 6.27. The molecule has 2 nitrogen and oxygen atoms in total. The molecule has 0 radical (unpaired) electrons. The molecule has 0 amide bonds. The van der Waals surface area contributed by atoms with Crippen LogP contribution in [0.2, 0.25) is 5.15 Å². The van der Waals surface area contributed by atoms with Crippen LogP contribution in [0.3, 0.4) is 0 Å². The molecular weight excluding hydrogens is 369 g/mol. The fraction of sp³-hybridized carbons (Fsp3) is 0. The third-order valence-electron chi connectivity index (χ3n) is 2.86. The van der Waals surface area contributed by atoms with Crippen LogP contribution in [0.25, 0.3) is 22.3 Å². The van der Waals surface area contributed by atoms with E-state index in [9.17, 15) is 13.2 Å². The number of nitrogens with zero attached hydrogens (tertiary/aromatic N) is 2. The summed E-state index contributed by atoms with van der Waals surface area (Å²) in [6.07, 6.45) is 0. The molecule has 0 fully saturated rings. The number of hydrogen-bond acceptors (Lipinski definition) is 2. The Kier molecular flexibility index (Phi) is 3.59. The van der Waals surface area contributed by atoms with E-state index in [-0.39, 0.29) is 11.0 Å². The van der Waals surface area contributed by atoms with Gasteiger partial charge in [0.15, 0.2) is 5.82 Å². The molecule has 0 atom stereocenters. The summed E-state index contributed by atoms with van der Waals surface area (Å²) < 4.78 is 41.2. The molecule has 0 unspecified atom stereocenters. The van der Waals surface area contributed by atoms with Gasteiger partial charge in [0.25, 0.3) is 0 Å². The van der Waals surface area contributed by atoms with Crippen molar-refractivity contribution in [1.82, 2.24) is 9.97 Å². The Morgan fingerprint density at radius 2 is 1.67 bits per heavy atom. The van der Waals surface area contributed by atoms with Gasteiger partial charge in [-0.2, -0.15) is 0 Å². The average molecular weight is 374 g/mol. The summed E-state index contributed by atoms with van der Waals surface area (Å²) in [6.45, 7) is 0. The Labute approximate surface area is 130 Å². The topological polar surface area (TPSA) is 25.8 Å². The first-order valence-electron chi connectivity index (χ1n) is 5.74. The van der Waals surface area contributed by atoms with Crippen LogP contribution < -0.4 is 0 Å². The highest BCUT2D eigenvalue weighted by Crippen LogP contribution is 2.31. The number of rotatable bonds is 1. The van der Waals surface area contributed by atoms with Crippen LogP contribution in [0.5, 0.6) is 0 Å². The molecule has 3 aromatic rings. The van der Waals surface area contributed by atoms with Crippen molar-refractivity contribution in [3.8, 4) is 11.4 Å². The van der Waals surface area contributed by atoms with Gasteiger partial charge in [0.2, 0.25) is 0 Å². The van der Waals surface area contributed by atoms with Crippen LogP contribution in [-0.2, 0) is 0 Å². The van der Waals surface area contributed by atoms with Gasteiger partial charge in [0.05, 0.1) is 11.1 Å². The van der Waals surface area contributed by atoms with Gasteiger partial charge in [-0.1, -0.05) is 17.7 Å². The lowest BCUT2D eigenvalue weighted by Crippen LogP contribution is -1.99. The van der Waals surface area contributed by atoms with Crippen molar-refractivity contribution < 1.29 is 13.2 Å². The molecule has 1 heterocycles. The van der Waals surface area contributed by atoms with Gasteiger partial charge in [-0.15, -0.1) is 0 Å². The number of para-hydroxylation sites is 1. The highest BCUT2D eigenvalue weighted by atomic mass is 79.9. The molecule has 0 saturated heterocycles. The summed E-state index contributed by atoms with van der Waals surface area (Å²) in [5.41, 5.74) is -0.105. The lowest BCUT2D eigenvalue weighted by atomic mass is 10.1. The Balaban J connectivity index is 2.34. The van der Waals surface area contributed by atoms with Crippen LogP contribution in [0, 0.1) is 17.5 Å². The summed E-state index contributed by atoms with van der Waals surface area (Å²) in [5, 5.41) is 0.595. The molecule has 106 valence electrons. The zero-order valence-electron chi connectivity index (χ0n) is 10.2. The molecule has 0 aliphatic rings. The zero-order valence-corrected chi connectivity index (χ0v) is 12.5. The quantitative estimate of drug-likeness (QED) is 0.553. The molecule has 0 saturated carbocycles. The molecule has 0 spiro atoms. The monoisotopic (exact) mass is 372 g/mol. The van der Waals surface area contributed by atoms with E-state index in [4.69, 9.17) is 11.6 Å². The Bertz CT molecular complexity index is 847. The van der Waals surface area contributed by atoms with E-state index in [1.165, 1.54) is 0 Å². The summed E-state index contributed by atoms with van der Waals surface area (Å²) in [4.78, 5) is 8.01. The predicted octanol–water partition coefficient (Wildman–Crippen LogP) is 5.13. The minimum atomic E-state index is -1.09. The van der Waals surface area contributed by atoms with Gasteiger partial charge >= 0.3 is 0 Å². The van der Waals surface area contributed by atoms with Crippen molar-refractivity contribution in [1.29, 1.82) is 0 Å². The SMILES string of the molecule is Fc1cc(F)c(-c2nc(Cl)c3cccc(Br)c3n2)c(F)c1. The fourth-order valence-corrected chi connectivity index (χ4v) is 2.63. The van der Waals surface area contributed by atoms with E-state index >= 15 is 0 Å². The van der Waals surface area contributed by atoms with E-state index < -0.39 is 23.0 Å². The zero-order chi connectivity index (χ0) is 15.1. The highest BCUT2D eigenvalue weighted by Gasteiger charge is 2.18. The third kappa shape index (κ3) is 2.49. The number of halogens is 5. The lowest BCUT2D eigenvalue weighted by Gasteiger charge is -2.08. The van der Waals surface area contributed by atoms with Crippen LogP contribution in [0.1, 0.15) is 0 Å². The Hall–Kier alpha value is -1.66. The first kappa shape index (κ1) is 14.3. The van der Waals surface area contributed by atoms with Gasteiger partial charge < -0.3 is 0 Å². The van der Waals surface area contributed by atoms with Crippen LogP contribution in [0.15, 0.2) is 34.8 Å². The number of benzene rings is 2. The van der Waals surface area contributed by atoms with E-state index in [2.05, 4.69) is 25.9 Å². The van der Waals surface area contributed by atoms with Crippen molar-refractivity contribution >= 4 is 38.4 Å². The maximum atomic E-state index is 13.8. The number of fused-ring (bicyclic) bond motifs is 1. The second-order valence-electron chi connectivity index (χ2n) is 4.22. The standard InChI is InChI=1S/C14H5BrClF3N2/c15-8-3-1-2-7-12(8)20-14(21-13(7)16)11-9(18)4-6(17)5-10(11)19/h1-5H. The van der Waals surface area contributed by atoms with Gasteiger partial charge in [-0.05, 0) is 28.1 Å². The second kappa shape index (κ2) is 5.27. The van der Waals surface area contributed by atoms with Crippen molar-refractivity contribution in [3.63, 3.8) is 0 Å². The molecule has 0 bridgehead atoms. The smallest absolute Gasteiger partial charge is 0.167 e. The molecule has 3 rings (SSSR count). The van der Waals surface area contributed by atoms with Gasteiger partial charge in [-0.3, -0.25) is 0 Å². The molecule has 0 N–H and O–H groups in total. The molecule has 21 heavy (non-hydrogen) atoms.